The van der Waals surface area contributed by atoms with Gasteiger partial charge in [-0.3, -0.25) is 4.79 Å². The van der Waals surface area contributed by atoms with Gasteiger partial charge in [0.1, 0.15) is 11.6 Å². The van der Waals surface area contributed by atoms with Gasteiger partial charge in [0, 0.05) is 6.54 Å². The van der Waals surface area contributed by atoms with Crippen molar-refractivity contribution in [3.63, 3.8) is 0 Å². The van der Waals surface area contributed by atoms with Gasteiger partial charge in [-0.25, -0.2) is 14.4 Å². The van der Waals surface area contributed by atoms with E-state index in [9.17, 15) is 19.2 Å². The fraction of sp³-hybridized carbons (Fsp3) is 0.647. The quantitative estimate of drug-likeness (QED) is 0.374. The Balaban J connectivity index is 1.97. The highest BCUT2D eigenvalue weighted by molar-refractivity contribution is 6.08. The van der Waals surface area contributed by atoms with Crippen molar-refractivity contribution >= 4 is 23.8 Å². The van der Waals surface area contributed by atoms with Gasteiger partial charge in [-0.05, 0) is 19.3 Å². The number of rotatable bonds is 4. The van der Waals surface area contributed by atoms with E-state index in [4.69, 9.17) is 18.9 Å². The van der Waals surface area contributed by atoms with E-state index in [1.165, 1.54) is 26.2 Å². The maximum Gasteiger partial charge on any atom is 0.337 e. The third kappa shape index (κ3) is 2.76. The first kappa shape index (κ1) is 18.4. The summed E-state index contributed by atoms with van der Waals surface area (Å²) in [7, 11) is 3.64. The monoisotopic (exact) mass is 367 g/mol. The molecule has 9 heteroatoms. The summed E-state index contributed by atoms with van der Waals surface area (Å²) in [5.41, 5.74) is -0.992. The highest BCUT2D eigenvalue weighted by atomic mass is 16.6. The lowest BCUT2D eigenvalue weighted by atomic mass is 9.97. The van der Waals surface area contributed by atoms with Crippen molar-refractivity contribution in [2.75, 3.05) is 34.5 Å². The van der Waals surface area contributed by atoms with Gasteiger partial charge >= 0.3 is 17.9 Å². The Morgan fingerprint density at radius 1 is 1.08 bits per heavy atom. The zero-order valence-corrected chi connectivity index (χ0v) is 14.9. The summed E-state index contributed by atoms with van der Waals surface area (Å²) >= 11 is 0. The van der Waals surface area contributed by atoms with Crippen molar-refractivity contribution in [2.45, 2.75) is 30.9 Å². The number of methoxy groups -OCH3 is 3. The number of amides is 1. The number of carbonyl (C=O) groups excluding carboxylic acids is 4. The van der Waals surface area contributed by atoms with Crippen LogP contribution in [0.25, 0.3) is 0 Å². The van der Waals surface area contributed by atoms with Crippen molar-refractivity contribution in [2.24, 2.45) is 5.92 Å². The topological polar surface area (TPSA) is 112 Å². The molecule has 3 atom stereocenters. The van der Waals surface area contributed by atoms with Gasteiger partial charge in [-0.2, -0.15) is 0 Å². The van der Waals surface area contributed by atoms with Crippen molar-refractivity contribution < 1.29 is 38.1 Å². The second-order valence-corrected chi connectivity index (χ2v) is 6.52. The molecule has 0 aromatic rings. The summed E-state index contributed by atoms with van der Waals surface area (Å²) in [6.07, 6.45) is 1.29. The minimum absolute atomic E-state index is 0.0408. The van der Waals surface area contributed by atoms with Crippen LogP contribution in [-0.2, 0) is 38.1 Å². The summed E-state index contributed by atoms with van der Waals surface area (Å²) in [6.45, 7) is 0.604. The lowest BCUT2D eigenvalue weighted by Crippen LogP contribution is -2.44. The molecular formula is C17H21NO8. The number of esters is 3. The third-order valence-electron chi connectivity index (χ3n) is 5.20. The molecular weight excluding hydrogens is 346 g/mol. The van der Waals surface area contributed by atoms with E-state index in [1.807, 2.05) is 0 Å². The molecule has 3 rings (SSSR count). The van der Waals surface area contributed by atoms with E-state index in [0.717, 1.165) is 0 Å². The molecule has 0 saturated carbocycles. The molecule has 0 aromatic carbocycles. The van der Waals surface area contributed by atoms with Crippen molar-refractivity contribution in [1.82, 2.24) is 4.90 Å². The minimum Gasteiger partial charge on any atom is -0.467 e. The maximum atomic E-state index is 13.1. The fourth-order valence-electron chi connectivity index (χ4n) is 3.88. The van der Waals surface area contributed by atoms with Gasteiger partial charge in [0.25, 0.3) is 0 Å². The van der Waals surface area contributed by atoms with Gasteiger partial charge in [-0.15, -0.1) is 0 Å². The molecule has 1 spiro atoms. The van der Waals surface area contributed by atoms with Crippen LogP contribution in [0.5, 0.6) is 0 Å². The predicted octanol–water partition coefficient (Wildman–Crippen LogP) is -0.418. The number of nitrogens with zero attached hydrogens (tertiary/aromatic N) is 1. The fourth-order valence-corrected chi connectivity index (χ4v) is 3.88. The number of ether oxygens (including phenoxy) is 4. The molecule has 2 fully saturated rings. The number of carbonyl (C=O) groups is 4. The Kier molecular flexibility index (Phi) is 4.74. The van der Waals surface area contributed by atoms with Crippen LogP contribution in [0.15, 0.2) is 11.1 Å². The van der Waals surface area contributed by atoms with Crippen LogP contribution in [0, 0.1) is 5.92 Å². The average molecular weight is 367 g/mol. The summed E-state index contributed by atoms with van der Waals surface area (Å²) in [4.78, 5) is 51.1. The molecule has 2 aliphatic heterocycles. The van der Waals surface area contributed by atoms with Crippen LogP contribution in [0.1, 0.15) is 19.3 Å². The van der Waals surface area contributed by atoms with Crippen molar-refractivity contribution in [3.8, 4) is 0 Å². The number of hydrogen-bond donors (Lipinski definition) is 0. The number of likely N-dealkylation sites (tertiary alicyclic amines) is 1. The molecule has 0 radical (unpaired) electrons. The molecule has 1 amide bonds. The Bertz CT molecular complexity index is 693. The molecule has 2 saturated heterocycles. The molecule has 1 aliphatic carbocycles. The first-order valence-electron chi connectivity index (χ1n) is 8.33. The summed E-state index contributed by atoms with van der Waals surface area (Å²) in [6, 6.07) is -0.690. The van der Waals surface area contributed by atoms with E-state index in [-0.39, 0.29) is 24.2 Å². The van der Waals surface area contributed by atoms with Crippen LogP contribution in [0.4, 0.5) is 0 Å². The molecule has 0 bridgehead atoms. The van der Waals surface area contributed by atoms with E-state index < -0.39 is 41.4 Å². The Hall–Kier alpha value is -2.42. The Labute approximate surface area is 150 Å². The first-order valence-corrected chi connectivity index (χ1v) is 8.33. The number of hydrogen-bond acceptors (Lipinski definition) is 8. The van der Waals surface area contributed by atoms with Crippen LogP contribution in [0.3, 0.4) is 0 Å². The second kappa shape index (κ2) is 6.71. The molecule has 0 N–H and O–H groups in total. The molecule has 26 heavy (non-hydrogen) atoms. The SMILES string of the molecule is COC(=O)C1=C(C(=O)OC)[C@]2(CO2)C[C@@H]1C(=O)N1CCCC1C(=O)OC. The highest BCUT2D eigenvalue weighted by Crippen LogP contribution is 2.51. The summed E-state index contributed by atoms with van der Waals surface area (Å²) < 4.78 is 19.8. The summed E-state index contributed by atoms with van der Waals surface area (Å²) in [5.74, 6) is -3.33. The predicted molar refractivity (Wildman–Crippen MR) is 84.6 cm³/mol. The molecule has 3 aliphatic rings. The third-order valence-corrected chi connectivity index (χ3v) is 5.20. The molecule has 0 aromatic heterocycles. The highest BCUT2D eigenvalue weighted by Gasteiger charge is 2.62. The van der Waals surface area contributed by atoms with Gasteiger partial charge in [0.2, 0.25) is 5.91 Å². The zero-order chi connectivity index (χ0) is 19.1. The van der Waals surface area contributed by atoms with Gasteiger partial charge in [-0.1, -0.05) is 0 Å². The van der Waals surface area contributed by atoms with E-state index in [2.05, 4.69) is 0 Å². The molecule has 1 unspecified atom stereocenters. The van der Waals surface area contributed by atoms with E-state index >= 15 is 0 Å². The zero-order valence-electron chi connectivity index (χ0n) is 14.9. The van der Waals surface area contributed by atoms with Crippen LogP contribution < -0.4 is 0 Å². The average Bonchev–Trinajstić information content (AvgIpc) is 3.11. The molecule has 2 heterocycles. The number of epoxide rings is 1. The summed E-state index contributed by atoms with van der Waals surface area (Å²) in [5, 5.41) is 0. The van der Waals surface area contributed by atoms with E-state index in [1.54, 1.807) is 0 Å². The van der Waals surface area contributed by atoms with Crippen molar-refractivity contribution in [3.05, 3.63) is 11.1 Å². The second-order valence-electron chi connectivity index (χ2n) is 6.52. The maximum absolute atomic E-state index is 13.1. The van der Waals surface area contributed by atoms with Crippen LogP contribution in [-0.4, -0.2) is 74.8 Å². The van der Waals surface area contributed by atoms with Crippen LogP contribution >= 0.6 is 0 Å². The van der Waals surface area contributed by atoms with Gasteiger partial charge in [0.15, 0.2) is 0 Å². The van der Waals surface area contributed by atoms with Gasteiger partial charge < -0.3 is 23.8 Å². The van der Waals surface area contributed by atoms with Gasteiger partial charge in [0.05, 0.1) is 45.0 Å². The molecule has 9 nitrogen and oxygen atoms in total. The van der Waals surface area contributed by atoms with E-state index in [0.29, 0.717) is 19.4 Å². The molecule has 142 valence electrons. The lowest BCUT2D eigenvalue weighted by Gasteiger charge is -2.26. The first-order chi connectivity index (χ1) is 12.4. The Morgan fingerprint density at radius 3 is 2.27 bits per heavy atom. The van der Waals surface area contributed by atoms with Crippen molar-refractivity contribution in [1.29, 1.82) is 0 Å². The standard InChI is InChI=1S/C17H21NO8/c1-23-14(20)10-5-4-6-18(10)13(19)9-7-17(8-26-17)12(16(22)25-3)11(9)15(21)24-2/h9-10H,4-8H2,1-3H3/t9-,10?,17+/m0/s1. The normalized spacial score (nSPS) is 29.7. The minimum atomic E-state index is -0.989. The van der Waals surface area contributed by atoms with Crippen LogP contribution in [0.2, 0.25) is 0 Å². The Morgan fingerprint density at radius 2 is 1.73 bits per heavy atom. The lowest BCUT2D eigenvalue weighted by molar-refractivity contribution is -0.152. The smallest absolute Gasteiger partial charge is 0.337 e. The largest absolute Gasteiger partial charge is 0.467 e.